The van der Waals surface area contributed by atoms with Crippen LogP contribution in [0.2, 0.25) is 0 Å². The van der Waals surface area contributed by atoms with Gasteiger partial charge in [-0.1, -0.05) is 68.1 Å². The summed E-state index contributed by atoms with van der Waals surface area (Å²) in [6, 6.07) is 25.9. The van der Waals surface area contributed by atoms with Crippen LogP contribution < -0.4 is 15.9 Å². The largest absolute Gasteiger partial charge is 0.356 e. The van der Waals surface area contributed by atoms with Gasteiger partial charge in [0.2, 0.25) is 0 Å². The first-order valence-electron chi connectivity index (χ1n) is 11.0. The van der Waals surface area contributed by atoms with Gasteiger partial charge in [0, 0.05) is 32.9 Å². The summed E-state index contributed by atoms with van der Waals surface area (Å²) in [5.41, 5.74) is 7.34. The molecular formula is C29H30N2. The first-order valence-corrected chi connectivity index (χ1v) is 11.0. The third-order valence-corrected chi connectivity index (χ3v) is 5.76. The van der Waals surface area contributed by atoms with Gasteiger partial charge in [0.15, 0.2) is 0 Å². The van der Waals surface area contributed by atoms with Crippen LogP contribution >= 0.6 is 0 Å². The molecule has 31 heavy (non-hydrogen) atoms. The number of allylic oxidation sites excluding steroid dienone is 2. The van der Waals surface area contributed by atoms with Crippen LogP contribution in [0.25, 0.3) is 23.6 Å². The highest BCUT2D eigenvalue weighted by Crippen LogP contribution is 2.16. The Bertz CT molecular complexity index is 1310. The summed E-state index contributed by atoms with van der Waals surface area (Å²) in [6.07, 6.45) is 7.40. The number of H-pyrrole nitrogens is 1. The van der Waals surface area contributed by atoms with E-state index in [0.29, 0.717) is 0 Å². The van der Waals surface area contributed by atoms with E-state index >= 15 is 0 Å². The predicted molar refractivity (Wildman–Crippen MR) is 135 cm³/mol. The summed E-state index contributed by atoms with van der Waals surface area (Å²) in [7, 11) is 0. The van der Waals surface area contributed by atoms with E-state index in [1.807, 2.05) is 0 Å². The van der Waals surface area contributed by atoms with Crippen LogP contribution in [0.4, 0.5) is 5.69 Å². The molecule has 0 spiro atoms. The topological polar surface area (TPSA) is 27.8 Å². The number of hydrogen-bond acceptors (Lipinski definition) is 1. The Morgan fingerprint density at radius 3 is 2.45 bits per heavy atom. The summed E-state index contributed by atoms with van der Waals surface area (Å²) < 4.78 is 0. The average Bonchev–Trinajstić information content (AvgIpc) is 3.12. The van der Waals surface area contributed by atoms with Gasteiger partial charge < -0.3 is 10.3 Å². The van der Waals surface area contributed by atoms with E-state index in [0.717, 1.165) is 46.7 Å². The minimum Gasteiger partial charge on any atom is -0.356 e. The van der Waals surface area contributed by atoms with Crippen molar-refractivity contribution < 1.29 is 0 Å². The van der Waals surface area contributed by atoms with E-state index < -0.39 is 0 Å². The molecule has 0 aliphatic heterocycles. The molecule has 0 radical (unpaired) electrons. The van der Waals surface area contributed by atoms with Crippen LogP contribution in [0.3, 0.4) is 0 Å². The number of rotatable bonds is 7. The minimum absolute atomic E-state index is 0.943. The van der Waals surface area contributed by atoms with E-state index in [4.69, 9.17) is 0 Å². The molecule has 0 aliphatic carbocycles. The third kappa shape index (κ3) is 4.97. The molecule has 0 saturated heterocycles. The second kappa shape index (κ2) is 9.53. The van der Waals surface area contributed by atoms with Gasteiger partial charge >= 0.3 is 0 Å². The molecule has 0 saturated carbocycles. The van der Waals surface area contributed by atoms with Crippen molar-refractivity contribution in [3.8, 4) is 0 Å². The van der Waals surface area contributed by atoms with Crippen LogP contribution in [0.1, 0.15) is 30.5 Å². The first-order chi connectivity index (χ1) is 15.2. The van der Waals surface area contributed by atoms with E-state index in [1.165, 1.54) is 22.1 Å². The van der Waals surface area contributed by atoms with Crippen molar-refractivity contribution in [3.63, 3.8) is 0 Å². The lowest BCUT2D eigenvalue weighted by Crippen LogP contribution is -2.21. The molecular weight excluding hydrogens is 376 g/mol. The average molecular weight is 407 g/mol. The number of aryl methyl sites for hydroxylation is 3. The van der Waals surface area contributed by atoms with E-state index in [2.05, 4.69) is 116 Å². The Labute approximate surface area is 184 Å². The van der Waals surface area contributed by atoms with E-state index in [9.17, 15) is 0 Å². The molecule has 4 rings (SSSR count). The second-order valence-electron chi connectivity index (χ2n) is 7.95. The van der Waals surface area contributed by atoms with Crippen LogP contribution in [0.15, 0.2) is 84.6 Å². The third-order valence-electron chi connectivity index (χ3n) is 5.76. The number of nitrogens with one attached hydrogen (secondary N) is 2. The highest BCUT2D eigenvalue weighted by molar-refractivity contribution is 5.83. The zero-order chi connectivity index (χ0) is 21.6. The standard InChI is InChI=1S/C29H30N2/c1-4-22-12-9-13-26(18-22)31-25(5-2)20-27-21(3)30-29-17-16-24(19-28(27)29)15-14-23-10-7-6-8-11-23/h5-13,16-20,30-31H,3-4,14-15H2,1-2H3/b25-5+,27-20+. The molecule has 2 N–H and O–H groups in total. The van der Waals surface area contributed by atoms with Crippen molar-refractivity contribution >= 4 is 29.2 Å². The number of aromatic nitrogens is 1. The molecule has 2 heteroatoms. The van der Waals surface area contributed by atoms with Crippen molar-refractivity contribution in [1.29, 1.82) is 0 Å². The monoisotopic (exact) mass is 406 g/mol. The Hall–Kier alpha value is -3.52. The lowest BCUT2D eigenvalue weighted by atomic mass is 10.0. The smallest absolute Gasteiger partial charge is 0.0464 e. The molecule has 156 valence electrons. The zero-order valence-corrected chi connectivity index (χ0v) is 18.4. The van der Waals surface area contributed by atoms with Crippen molar-refractivity contribution in [2.75, 3.05) is 5.32 Å². The molecule has 4 aromatic rings. The molecule has 1 heterocycles. The van der Waals surface area contributed by atoms with Gasteiger partial charge in [0.25, 0.3) is 0 Å². The molecule has 0 bridgehead atoms. The second-order valence-corrected chi connectivity index (χ2v) is 7.95. The fraction of sp³-hybridized carbons (Fsp3) is 0.172. The van der Waals surface area contributed by atoms with Gasteiger partial charge in [-0.15, -0.1) is 0 Å². The lowest BCUT2D eigenvalue weighted by molar-refractivity contribution is 0.962. The van der Waals surface area contributed by atoms with Crippen molar-refractivity contribution in [3.05, 3.63) is 112 Å². The Morgan fingerprint density at radius 1 is 0.903 bits per heavy atom. The molecule has 1 aromatic heterocycles. The zero-order valence-electron chi connectivity index (χ0n) is 18.4. The molecule has 2 nitrogen and oxygen atoms in total. The van der Waals surface area contributed by atoms with Gasteiger partial charge in [0.05, 0.1) is 0 Å². The number of anilines is 1. The number of hydrogen-bond donors (Lipinski definition) is 2. The fourth-order valence-electron chi connectivity index (χ4n) is 3.95. The van der Waals surface area contributed by atoms with Crippen LogP contribution in [-0.4, -0.2) is 4.98 Å². The number of fused-ring (bicyclic) bond motifs is 1. The van der Waals surface area contributed by atoms with Crippen molar-refractivity contribution in [2.24, 2.45) is 0 Å². The van der Waals surface area contributed by atoms with E-state index in [-0.39, 0.29) is 0 Å². The van der Waals surface area contributed by atoms with Gasteiger partial charge in [-0.2, -0.15) is 0 Å². The summed E-state index contributed by atoms with van der Waals surface area (Å²) >= 11 is 0. The Balaban J connectivity index is 1.64. The van der Waals surface area contributed by atoms with Crippen LogP contribution in [0.5, 0.6) is 0 Å². The number of benzene rings is 3. The Morgan fingerprint density at radius 2 is 1.68 bits per heavy atom. The Kier molecular flexibility index (Phi) is 6.37. The van der Waals surface area contributed by atoms with Crippen LogP contribution in [0, 0.1) is 0 Å². The van der Waals surface area contributed by atoms with Gasteiger partial charge in [0.1, 0.15) is 0 Å². The molecule has 3 aromatic carbocycles. The first kappa shape index (κ1) is 20.7. The summed E-state index contributed by atoms with van der Waals surface area (Å²) in [5.74, 6) is 0. The van der Waals surface area contributed by atoms with Gasteiger partial charge in [-0.05, 0) is 73.2 Å². The maximum Gasteiger partial charge on any atom is 0.0464 e. The predicted octanol–water partition coefficient (Wildman–Crippen LogP) is 5.72. The maximum absolute atomic E-state index is 4.26. The summed E-state index contributed by atoms with van der Waals surface area (Å²) in [6.45, 7) is 8.50. The SMILES string of the molecule is C=c1[nH]c2ccc(CCc3ccccc3)cc2/c1=C/C(=C\C)Nc1cccc(CC)c1. The van der Waals surface area contributed by atoms with Crippen molar-refractivity contribution in [1.82, 2.24) is 4.98 Å². The molecule has 0 amide bonds. The van der Waals surface area contributed by atoms with Crippen molar-refractivity contribution in [2.45, 2.75) is 33.1 Å². The molecule has 0 aliphatic rings. The highest BCUT2D eigenvalue weighted by atomic mass is 14.9. The lowest BCUT2D eigenvalue weighted by Gasteiger charge is -2.08. The molecule has 0 atom stereocenters. The molecule has 0 unspecified atom stereocenters. The summed E-state index contributed by atoms with van der Waals surface area (Å²) in [5, 5.41) is 6.87. The fourth-order valence-corrected chi connectivity index (χ4v) is 3.95. The normalized spacial score (nSPS) is 12.5. The van der Waals surface area contributed by atoms with Gasteiger partial charge in [-0.3, -0.25) is 0 Å². The molecule has 0 fully saturated rings. The van der Waals surface area contributed by atoms with Gasteiger partial charge in [-0.25, -0.2) is 0 Å². The van der Waals surface area contributed by atoms with Crippen LogP contribution in [-0.2, 0) is 19.3 Å². The van der Waals surface area contributed by atoms with E-state index in [1.54, 1.807) is 0 Å². The highest BCUT2D eigenvalue weighted by Gasteiger charge is 2.04. The number of aromatic amines is 1. The quantitative estimate of drug-likeness (QED) is 0.403. The summed E-state index contributed by atoms with van der Waals surface area (Å²) in [4.78, 5) is 3.44. The maximum atomic E-state index is 4.26. The minimum atomic E-state index is 0.943.